The molecule has 0 saturated heterocycles. The van der Waals surface area contributed by atoms with Crippen molar-refractivity contribution in [2.45, 2.75) is 44.6 Å². The minimum absolute atomic E-state index is 0.0235. The number of carbonyl (C=O) groups is 3. The fourth-order valence-electron chi connectivity index (χ4n) is 3.63. The van der Waals surface area contributed by atoms with Crippen LogP contribution in [-0.2, 0) is 4.79 Å². The molecule has 0 unspecified atom stereocenters. The van der Waals surface area contributed by atoms with Crippen molar-refractivity contribution in [3.8, 4) is 5.75 Å². The van der Waals surface area contributed by atoms with Crippen LogP contribution in [0.25, 0.3) is 0 Å². The highest BCUT2D eigenvalue weighted by Crippen LogP contribution is 2.28. The van der Waals surface area contributed by atoms with E-state index in [4.69, 9.17) is 9.84 Å². The van der Waals surface area contributed by atoms with E-state index in [0.29, 0.717) is 49.1 Å². The third kappa shape index (κ3) is 6.17. The zero-order valence-electron chi connectivity index (χ0n) is 16.9. The maximum Gasteiger partial charge on any atom is 0.306 e. The van der Waals surface area contributed by atoms with Crippen LogP contribution in [0.3, 0.4) is 0 Å². The van der Waals surface area contributed by atoms with Crippen molar-refractivity contribution in [3.63, 3.8) is 0 Å². The summed E-state index contributed by atoms with van der Waals surface area (Å²) < 4.78 is 5.93. The Morgan fingerprint density at radius 2 is 1.57 bits per heavy atom. The van der Waals surface area contributed by atoms with E-state index >= 15 is 0 Å². The number of hydrogen-bond donors (Lipinski definition) is 2. The van der Waals surface area contributed by atoms with Crippen LogP contribution >= 0.6 is 0 Å². The van der Waals surface area contributed by atoms with Gasteiger partial charge in [0.1, 0.15) is 5.75 Å². The van der Waals surface area contributed by atoms with Crippen molar-refractivity contribution in [2.75, 3.05) is 6.54 Å². The number of hydrogen-bond acceptors (Lipinski definition) is 4. The van der Waals surface area contributed by atoms with Gasteiger partial charge in [-0.2, -0.15) is 0 Å². The van der Waals surface area contributed by atoms with Crippen LogP contribution < -0.4 is 10.1 Å². The number of carbonyl (C=O) groups excluding carboxylic acids is 2. The van der Waals surface area contributed by atoms with Gasteiger partial charge >= 0.3 is 5.97 Å². The summed E-state index contributed by atoms with van der Waals surface area (Å²) in [7, 11) is 0. The topological polar surface area (TPSA) is 92.7 Å². The van der Waals surface area contributed by atoms with Crippen molar-refractivity contribution in [1.82, 2.24) is 5.32 Å². The van der Waals surface area contributed by atoms with E-state index in [0.717, 1.165) is 12.8 Å². The van der Waals surface area contributed by atoms with Gasteiger partial charge in [0, 0.05) is 24.1 Å². The van der Waals surface area contributed by atoms with Gasteiger partial charge in [-0.1, -0.05) is 18.2 Å². The third-order valence-electron chi connectivity index (χ3n) is 5.40. The Bertz CT molecular complexity index is 855. The van der Waals surface area contributed by atoms with Crippen LogP contribution in [0, 0.1) is 5.92 Å². The molecule has 2 aromatic rings. The average molecular weight is 409 g/mol. The lowest BCUT2D eigenvalue weighted by Gasteiger charge is -2.26. The van der Waals surface area contributed by atoms with E-state index in [1.54, 1.807) is 36.4 Å². The summed E-state index contributed by atoms with van der Waals surface area (Å²) in [6, 6.07) is 16.1. The van der Waals surface area contributed by atoms with E-state index in [2.05, 4.69) is 5.32 Å². The van der Waals surface area contributed by atoms with Crippen LogP contribution in [0.4, 0.5) is 0 Å². The first-order valence-electron chi connectivity index (χ1n) is 10.4. The van der Waals surface area contributed by atoms with Gasteiger partial charge in [0.2, 0.25) is 0 Å². The van der Waals surface area contributed by atoms with Crippen LogP contribution in [0.5, 0.6) is 5.75 Å². The van der Waals surface area contributed by atoms with Gasteiger partial charge in [0.15, 0.2) is 5.78 Å². The first-order valence-corrected chi connectivity index (χ1v) is 10.4. The lowest BCUT2D eigenvalue weighted by atomic mass is 9.87. The fourth-order valence-corrected chi connectivity index (χ4v) is 3.63. The Balaban J connectivity index is 1.38. The summed E-state index contributed by atoms with van der Waals surface area (Å²) in [5, 5.41) is 11.9. The van der Waals surface area contributed by atoms with Gasteiger partial charge in [-0.15, -0.1) is 0 Å². The highest BCUT2D eigenvalue weighted by molar-refractivity contribution is 5.96. The quantitative estimate of drug-likeness (QED) is 0.480. The average Bonchev–Trinajstić information content (AvgIpc) is 2.78. The molecule has 0 aliphatic heterocycles. The molecule has 30 heavy (non-hydrogen) atoms. The Labute approximate surface area is 176 Å². The third-order valence-corrected chi connectivity index (χ3v) is 5.40. The monoisotopic (exact) mass is 409 g/mol. The maximum absolute atomic E-state index is 12.4. The molecule has 0 radical (unpaired) electrons. The molecule has 1 saturated carbocycles. The van der Waals surface area contributed by atoms with Gasteiger partial charge in [-0.05, 0) is 68.5 Å². The van der Waals surface area contributed by atoms with Crippen molar-refractivity contribution in [2.24, 2.45) is 5.92 Å². The number of carboxylic acid groups (broad SMARTS) is 1. The van der Waals surface area contributed by atoms with E-state index in [9.17, 15) is 14.4 Å². The minimum Gasteiger partial charge on any atom is -0.490 e. The van der Waals surface area contributed by atoms with Gasteiger partial charge in [0.05, 0.1) is 12.0 Å². The summed E-state index contributed by atoms with van der Waals surface area (Å²) in [5.74, 6) is -0.405. The highest BCUT2D eigenvalue weighted by Gasteiger charge is 2.26. The summed E-state index contributed by atoms with van der Waals surface area (Å²) >= 11 is 0. The molecular weight excluding hydrogens is 382 g/mol. The SMILES string of the molecule is O=C(CCCNC(=O)c1ccccc1)c1ccc(OC2CCC(C(=O)O)CC2)cc1. The van der Waals surface area contributed by atoms with Crippen molar-refractivity contribution < 1.29 is 24.2 Å². The zero-order chi connectivity index (χ0) is 21.3. The molecule has 158 valence electrons. The molecule has 6 heteroatoms. The van der Waals surface area contributed by atoms with Crippen LogP contribution in [-0.4, -0.2) is 35.4 Å². The Kier molecular flexibility index (Phi) is 7.60. The van der Waals surface area contributed by atoms with Crippen molar-refractivity contribution >= 4 is 17.7 Å². The second-order valence-electron chi connectivity index (χ2n) is 7.60. The molecule has 1 aliphatic carbocycles. The number of Topliss-reactive ketones (excluding diaryl/α,β-unsaturated/α-hetero) is 1. The lowest BCUT2D eigenvalue weighted by molar-refractivity contribution is -0.143. The summed E-state index contributed by atoms with van der Waals surface area (Å²) in [4.78, 5) is 35.3. The molecular formula is C24H27NO5. The Hall–Kier alpha value is -3.15. The number of rotatable bonds is 9. The van der Waals surface area contributed by atoms with Crippen LogP contribution in [0.1, 0.15) is 59.2 Å². The first-order chi connectivity index (χ1) is 14.5. The largest absolute Gasteiger partial charge is 0.490 e. The number of amides is 1. The molecule has 0 heterocycles. The summed E-state index contributed by atoms with van der Waals surface area (Å²) in [5.41, 5.74) is 1.22. The normalized spacial score (nSPS) is 18.4. The first kappa shape index (κ1) is 21.6. The predicted octanol–water partition coefficient (Wildman–Crippen LogP) is 4.10. The molecule has 0 atom stereocenters. The highest BCUT2D eigenvalue weighted by atomic mass is 16.5. The van der Waals surface area contributed by atoms with Gasteiger partial charge in [0.25, 0.3) is 5.91 Å². The standard InChI is InChI=1S/C24H27NO5/c26-22(7-4-16-25-23(27)18-5-2-1-3-6-18)17-8-12-20(13-9-17)30-21-14-10-19(11-15-21)24(28)29/h1-3,5-6,8-9,12-13,19,21H,4,7,10-11,14-16H2,(H,25,27)(H,28,29). The Morgan fingerprint density at radius 1 is 0.900 bits per heavy atom. The smallest absolute Gasteiger partial charge is 0.306 e. The van der Waals surface area contributed by atoms with E-state index < -0.39 is 5.97 Å². The molecule has 0 spiro atoms. The molecule has 6 nitrogen and oxygen atoms in total. The number of ether oxygens (including phenoxy) is 1. The predicted molar refractivity (Wildman–Crippen MR) is 113 cm³/mol. The molecule has 1 fully saturated rings. The number of nitrogens with one attached hydrogen (secondary N) is 1. The summed E-state index contributed by atoms with van der Waals surface area (Å²) in [6.45, 7) is 0.444. The van der Waals surface area contributed by atoms with E-state index in [1.807, 2.05) is 18.2 Å². The second kappa shape index (κ2) is 10.6. The van der Waals surface area contributed by atoms with Crippen LogP contribution in [0.2, 0.25) is 0 Å². The van der Waals surface area contributed by atoms with E-state index in [1.165, 1.54) is 0 Å². The summed E-state index contributed by atoms with van der Waals surface area (Å²) in [6.07, 6.45) is 3.68. The van der Waals surface area contributed by atoms with Crippen LogP contribution in [0.15, 0.2) is 54.6 Å². The molecule has 1 aliphatic rings. The molecule has 0 bridgehead atoms. The number of carboxylic acids is 1. The second-order valence-corrected chi connectivity index (χ2v) is 7.60. The maximum atomic E-state index is 12.4. The molecule has 2 N–H and O–H groups in total. The number of ketones is 1. The number of benzene rings is 2. The van der Waals surface area contributed by atoms with Gasteiger partial charge in [-0.3, -0.25) is 14.4 Å². The minimum atomic E-state index is -0.726. The van der Waals surface area contributed by atoms with Crippen molar-refractivity contribution in [1.29, 1.82) is 0 Å². The van der Waals surface area contributed by atoms with Crippen molar-refractivity contribution in [3.05, 3.63) is 65.7 Å². The molecule has 3 rings (SSSR count). The zero-order valence-corrected chi connectivity index (χ0v) is 16.9. The lowest BCUT2D eigenvalue weighted by Crippen LogP contribution is -2.27. The molecule has 1 amide bonds. The van der Waals surface area contributed by atoms with Gasteiger partial charge in [-0.25, -0.2) is 0 Å². The fraction of sp³-hybridized carbons (Fsp3) is 0.375. The number of aliphatic carboxylic acids is 1. The Morgan fingerprint density at radius 3 is 2.20 bits per heavy atom. The van der Waals surface area contributed by atoms with E-state index in [-0.39, 0.29) is 23.7 Å². The molecule has 2 aromatic carbocycles. The molecule has 0 aromatic heterocycles. The van der Waals surface area contributed by atoms with Gasteiger partial charge < -0.3 is 15.2 Å².